The number of hydrogen-bond acceptors (Lipinski definition) is 1. The normalized spacial score (nSPS) is 31.7. The first kappa shape index (κ1) is 14.0. The van der Waals surface area contributed by atoms with Crippen molar-refractivity contribution in [1.82, 2.24) is 0 Å². The Morgan fingerprint density at radius 3 is 1.81 bits per heavy atom. The molecule has 0 N–H and O–H groups in total. The van der Waals surface area contributed by atoms with Crippen molar-refractivity contribution in [3.05, 3.63) is 0 Å². The second kappa shape index (κ2) is 6.05. The van der Waals surface area contributed by atoms with Crippen LogP contribution in [0.2, 0.25) is 0 Å². The summed E-state index contributed by atoms with van der Waals surface area (Å²) in [5, 5.41) is 0. The highest BCUT2D eigenvalue weighted by atomic mass is 16.5. The van der Waals surface area contributed by atoms with Crippen LogP contribution >= 0.6 is 0 Å². The van der Waals surface area contributed by atoms with Crippen molar-refractivity contribution >= 4 is 0 Å². The summed E-state index contributed by atoms with van der Waals surface area (Å²) in [7, 11) is 0. The first-order valence-corrected chi connectivity index (χ1v) is 7.07. The largest absolute Gasteiger partial charge is 0.376 e. The second-order valence-electron chi connectivity index (χ2n) is 6.44. The highest BCUT2D eigenvalue weighted by molar-refractivity contribution is 4.84. The van der Waals surface area contributed by atoms with Crippen molar-refractivity contribution in [3.8, 4) is 0 Å². The van der Waals surface area contributed by atoms with Crippen LogP contribution in [-0.2, 0) is 4.74 Å². The van der Waals surface area contributed by atoms with Crippen molar-refractivity contribution in [3.63, 3.8) is 0 Å². The van der Waals surface area contributed by atoms with Crippen LogP contribution < -0.4 is 0 Å². The minimum absolute atomic E-state index is 0.383. The molecule has 1 heteroatoms. The summed E-state index contributed by atoms with van der Waals surface area (Å²) in [6.07, 6.45) is 4.80. The van der Waals surface area contributed by atoms with Crippen molar-refractivity contribution in [2.24, 2.45) is 23.7 Å². The second-order valence-corrected chi connectivity index (χ2v) is 6.44. The molecule has 1 aliphatic carbocycles. The van der Waals surface area contributed by atoms with E-state index >= 15 is 0 Å². The van der Waals surface area contributed by atoms with Crippen molar-refractivity contribution in [2.45, 2.75) is 73.0 Å². The quantitative estimate of drug-likeness (QED) is 0.685. The smallest absolute Gasteiger partial charge is 0.0581 e. The maximum Gasteiger partial charge on any atom is 0.0581 e. The van der Waals surface area contributed by atoms with Gasteiger partial charge in [-0.1, -0.05) is 27.7 Å². The molecule has 0 aromatic carbocycles. The highest BCUT2D eigenvalue weighted by Gasteiger charge is 2.34. The minimum Gasteiger partial charge on any atom is -0.376 e. The summed E-state index contributed by atoms with van der Waals surface area (Å²) in [6, 6.07) is 0. The van der Waals surface area contributed by atoms with E-state index in [-0.39, 0.29) is 0 Å². The molecular weight excluding hydrogens is 196 g/mol. The van der Waals surface area contributed by atoms with Crippen LogP contribution in [-0.4, -0.2) is 12.2 Å². The molecule has 16 heavy (non-hydrogen) atoms. The third-order valence-corrected chi connectivity index (χ3v) is 4.08. The lowest BCUT2D eigenvalue weighted by atomic mass is 9.68. The zero-order valence-electron chi connectivity index (χ0n) is 12.0. The number of rotatable bonds is 4. The van der Waals surface area contributed by atoms with Crippen LogP contribution in [0.4, 0.5) is 0 Å². The lowest BCUT2D eigenvalue weighted by Crippen LogP contribution is -2.36. The van der Waals surface area contributed by atoms with E-state index in [9.17, 15) is 0 Å². The van der Waals surface area contributed by atoms with E-state index in [0.29, 0.717) is 12.2 Å². The zero-order chi connectivity index (χ0) is 12.3. The van der Waals surface area contributed by atoms with Gasteiger partial charge in [0.1, 0.15) is 0 Å². The van der Waals surface area contributed by atoms with Crippen LogP contribution in [0.3, 0.4) is 0 Å². The van der Waals surface area contributed by atoms with Gasteiger partial charge in [0, 0.05) is 0 Å². The maximum absolute atomic E-state index is 6.00. The molecule has 1 nitrogen and oxygen atoms in total. The van der Waals surface area contributed by atoms with Crippen LogP contribution in [0.25, 0.3) is 0 Å². The van der Waals surface area contributed by atoms with Gasteiger partial charge in [-0.05, 0) is 56.8 Å². The van der Waals surface area contributed by atoms with Gasteiger partial charge in [0.15, 0.2) is 0 Å². The van der Waals surface area contributed by atoms with Gasteiger partial charge in [-0.25, -0.2) is 0 Å². The molecule has 1 aliphatic rings. The molecule has 0 heterocycles. The van der Waals surface area contributed by atoms with E-state index in [1.54, 1.807) is 0 Å². The van der Waals surface area contributed by atoms with E-state index < -0.39 is 0 Å². The zero-order valence-corrected chi connectivity index (χ0v) is 12.0. The Bertz CT molecular complexity index is 196. The third kappa shape index (κ3) is 3.76. The van der Waals surface area contributed by atoms with E-state index in [1.807, 2.05) is 0 Å². The van der Waals surface area contributed by atoms with Gasteiger partial charge < -0.3 is 4.74 Å². The molecule has 0 bridgehead atoms. The average Bonchev–Trinajstić information content (AvgIpc) is 2.16. The van der Waals surface area contributed by atoms with E-state index in [0.717, 1.165) is 23.7 Å². The number of ether oxygens (including phenoxy) is 1. The Morgan fingerprint density at radius 1 is 0.812 bits per heavy atom. The van der Waals surface area contributed by atoms with Gasteiger partial charge in [0.25, 0.3) is 0 Å². The Hall–Kier alpha value is -0.0400. The van der Waals surface area contributed by atoms with Gasteiger partial charge in [-0.3, -0.25) is 0 Å². The third-order valence-electron chi connectivity index (χ3n) is 4.08. The maximum atomic E-state index is 6.00. The molecule has 96 valence electrons. The van der Waals surface area contributed by atoms with E-state index in [1.165, 1.54) is 19.3 Å². The van der Waals surface area contributed by atoms with Crippen LogP contribution in [0, 0.1) is 23.7 Å². The van der Waals surface area contributed by atoms with Gasteiger partial charge in [-0.15, -0.1) is 0 Å². The minimum atomic E-state index is 0.383. The van der Waals surface area contributed by atoms with Crippen molar-refractivity contribution in [2.75, 3.05) is 0 Å². The molecule has 1 rings (SSSR count). The Balaban J connectivity index is 2.58. The predicted molar refractivity (Wildman–Crippen MR) is 70.5 cm³/mol. The molecule has 0 radical (unpaired) electrons. The molecule has 0 aromatic heterocycles. The molecule has 0 aromatic rings. The standard InChI is InChI=1S/C15H30O/c1-10(2)14-8-7-13(16-12(5)6)9-15(14)11(3)4/h10-15H,7-9H2,1-6H3. The molecular formula is C15H30O. The fraction of sp³-hybridized carbons (Fsp3) is 1.00. The molecule has 1 fully saturated rings. The first-order valence-electron chi connectivity index (χ1n) is 7.07. The first-order chi connectivity index (χ1) is 7.41. The van der Waals surface area contributed by atoms with E-state index in [2.05, 4.69) is 41.5 Å². The summed E-state index contributed by atoms with van der Waals surface area (Å²) in [6.45, 7) is 13.8. The molecule has 1 saturated carbocycles. The Labute approximate surface area is 102 Å². The predicted octanol–water partition coefficient (Wildman–Crippen LogP) is 4.51. The van der Waals surface area contributed by atoms with Gasteiger partial charge in [-0.2, -0.15) is 0 Å². The average molecular weight is 226 g/mol. The summed E-state index contributed by atoms with van der Waals surface area (Å²) in [5.41, 5.74) is 0. The number of hydrogen-bond donors (Lipinski definition) is 0. The molecule has 0 aliphatic heterocycles. The Kier molecular flexibility index (Phi) is 5.30. The van der Waals surface area contributed by atoms with Crippen LogP contribution in [0.15, 0.2) is 0 Å². The van der Waals surface area contributed by atoms with Crippen molar-refractivity contribution < 1.29 is 4.74 Å². The highest BCUT2D eigenvalue weighted by Crippen LogP contribution is 2.40. The fourth-order valence-corrected chi connectivity index (χ4v) is 3.29. The lowest BCUT2D eigenvalue weighted by molar-refractivity contribution is -0.0498. The lowest BCUT2D eigenvalue weighted by Gasteiger charge is -2.41. The van der Waals surface area contributed by atoms with Gasteiger partial charge >= 0.3 is 0 Å². The van der Waals surface area contributed by atoms with Crippen LogP contribution in [0.1, 0.15) is 60.8 Å². The molecule has 3 atom stereocenters. The van der Waals surface area contributed by atoms with Crippen LogP contribution in [0.5, 0.6) is 0 Å². The monoisotopic (exact) mass is 226 g/mol. The summed E-state index contributed by atoms with van der Waals surface area (Å²) in [4.78, 5) is 0. The molecule has 3 unspecified atom stereocenters. The van der Waals surface area contributed by atoms with Gasteiger partial charge in [0.2, 0.25) is 0 Å². The molecule has 0 spiro atoms. The SMILES string of the molecule is CC(C)OC1CCC(C(C)C)C(C(C)C)C1. The summed E-state index contributed by atoms with van der Waals surface area (Å²) < 4.78 is 6.00. The Morgan fingerprint density at radius 2 is 1.38 bits per heavy atom. The van der Waals surface area contributed by atoms with Crippen molar-refractivity contribution in [1.29, 1.82) is 0 Å². The molecule has 0 amide bonds. The van der Waals surface area contributed by atoms with Gasteiger partial charge in [0.05, 0.1) is 12.2 Å². The molecule has 0 saturated heterocycles. The fourth-order valence-electron chi connectivity index (χ4n) is 3.29. The summed E-state index contributed by atoms with van der Waals surface area (Å²) in [5.74, 6) is 3.39. The summed E-state index contributed by atoms with van der Waals surface area (Å²) >= 11 is 0. The topological polar surface area (TPSA) is 9.23 Å². The van der Waals surface area contributed by atoms with E-state index in [4.69, 9.17) is 4.74 Å².